The summed E-state index contributed by atoms with van der Waals surface area (Å²) in [6.45, 7) is 1.34. The lowest BCUT2D eigenvalue weighted by molar-refractivity contribution is 0.0884. The van der Waals surface area contributed by atoms with Gasteiger partial charge in [0.1, 0.15) is 4.88 Å². The minimum atomic E-state index is -0.668. The van der Waals surface area contributed by atoms with Gasteiger partial charge < -0.3 is 21.3 Å². The molecule has 0 unspecified atom stereocenters. The molecule has 0 aliphatic heterocycles. The maximum absolute atomic E-state index is 12.1. The standard InChI is InChI=1S/C13H16N2O3S/c1-7-3-2-4-9-10(14)12(19-11(7)9)13(18)15-8(5-16)6-17/h2-4,8,16-17H,5-6,14H2,1H3,(H,15,18). The highest BCUT2D eigenvalue weighted by atomic mass is 32.1. The van der Waals surface area contributed by atoms with Crippen LogP contribution in [0.3, 0.4) is 0 Å². The summed E-state index contributed by atoms with van der Waals surface area (Å²) in [5, 5.41) is 21.4. The molecule has 0 radical (unpaired) electrons. The number of aliphatic hydroxyl groups excluding tert-OH is 2. The van der Waals surface area contributed by atoms with E-state index in [2.05, 4.69) is 5.32 Å². The lowest BCUT2D eigenvalue weighted by Crippen LogP contribution is -2.39. The van der Waals surface area contributed by atoms with Gasteiger partial charge in [0.25, 0.3) is 5.91 Å². The SMILES string of the molecule is Cc1cccc2c(N)c(C(=O)NC(CO)CO)sc12. The van der Waals surface area contributed by atoms with E-state index in [9.17, 15) is 4.79 Å². The summed E-state index contributed by atoms with van der Waals surface area (Å²) in [5.41, 5.74) is 7.50. The number of nitrogens with two attached hydrogens (primary N) is 1. The van der Waals surface area contributed by atoms with Crippen LogP contribution in [0.15, 0.2) is 18.2 Å². The fraction of sp³-hybridized carbons (Fsp3) is 0.308. The Labute approximate surface area is 114 Å². The van der Waals surface area contributed by atoms with Crippen molar-refractivity contribution in [1.82, 2.24) is 5.32 Å². The topological polar surface area (TPSA) is 95.6 Å². The van der Waals surface area contributed by atoms with Crippen LogP contribution in [-0.4, -0.2) is 35.4 Å². The lowest BCUT2D eigenvalue weighted by atomic mass is 10.1. The third kappa shape index (κ3) is 2.56. The first-order valence-corrected chi connectivity index (χ1v) is 6.70. The van der Waals surface area contributed by atoms with Crippen molar-refractivity contribution in [3.63, 3.8) is 0 Å². The average molecular weight is 280 g/mol. The molecule has 1 aromatic heterocycles. The Bertz CT molecular complexity index is 605. The molecule has 2 rings (SSSR count). The molecule has 0 bridgehead atoms. The highest BCUT2D eigenvalue weighted by molar-refractivity contribution is 7.21. The minimum Gasteiger partial charge on any atom is -0.397 e. The zero-order valence-corrected chi connectivity index (χ0v) is 11.3. The monoisotopic (exact) mass is 280 g/mol. The number of anilines is 1. The van der Waals surface area contributed by atoms with Gasteiger partial charge in [0, 0.05) is 10.1 Å². The number of nitrogens with one attached hydrogen (secondary N) is 1. The van der Waals surface area contributed by atoms with Crippen LogP contribution in [0.2, 0.25) is 0 Å². The van der Waals surface area contributed by atoms with Crippen molar-refractivity contribution >= 4 is 33.0 Å². The van der Waals surface area contributed by atoms with Crippen LogP contribution in [0, 0.1) is 6.92 Å². The summed E-state index contributed by atoms with van der Waals surface area (Å²) in [6.07, 6.45) is 0. The van der Waals surface area contributed by atoms with Gasteiger partial charge >= 0.3 is 0 Å². The molecule has 2 aromatic rings. The molecule has 5 nitrogen and oxygen atoms in total. The number of rotatable bonds is 4. The Kier molecular flexibility index (Phi) is 4.04. The molecule has 0 aliphatic carbocycles. The van der Waals surface area contributed by atoms with Gasteiger partial charge in [0.2, 0.25) is 0 Å². The predicted octanol–water partition coefficient (Wildman–Crippen LogP) is 0.875. The van der Waals surface area contributed by atoms with E-state index < -0.39 is 6.04 Å². The molecule has 0 saturated carbocycles. The van der Waals surface area contributed by atoms with E-state index in [0.29, 0.717) is 10.6 Å². The summed E-state index contributed by atoms with van der Waals surface area (Å²) < 4.78 is 0.981. The fourth-order valence-electron chi connectivity index (χ4n) is 1.85. The summed E-state index contributed by atoms with van der Waals surface area (Å²) in [7, 11) is 0. The maximum atomic E-state index is 12.1. The van der Waals surface area contributed by atoms with E-state index >= 15 is 0 Å². The van der Waals surface area contributed by atoms with Crippen LogP contribution in [0.4, 0.5) is 5.69 Å². The number of carbonyl (C=O) groups is 1. The van der Waals surface area contributed by atoms with Crippen LogP contribution >= 0.6 is 11.3 Å². The van der Waals surface area contributed by atoms with Crippen LogP contribution in [0.1, 0.15) is 15.2 Å². The quantitative estimate of drug-likeness (QED) is 0.668. The Hall–Kier alpha value is -1.63. The van der Waals surface area contributed by atoms with Crippen molar-refractivity contribution in [2.24, 2.45) is 0 Å². The maximum Gasteiger partial charge on any atom is 0.263 e. The molecular formula is C13H16N2O3S. The lowest BCUT2D eigenvalue weighted by Gasteiger charge is -2.12. The minimum absolute atomic E-state index is 0.313. The molecule has 1 amide bonds. The molecule has 0 fully saturated rings. The van der Waals surface area contributed by atoms with Crippen molar-refractivity contribution in [2.45, 2.75) is 13.0 Å². The van der Waals surface area contributed by atoms with Crippen LogP contribution in [-0.2, 0) is 0 Å². The molecular weight excluding hydrogens is 264 g/mol. The third-order valence-electron chi connectivity index (χ3n) is 2.93. The molecule has 6 heteroatoms. The summed E-state index contributed by atoms with van der Waals surface area (Å²) in [4.78, 5) is 12.5. The van der Waals surface area contributed by atoms with Crippen molar-refractivity contribution in [3.05, 3.63) is 28.6 Å². The second-order valence-electron chi connectivity index (χ2n) is 4.33. The van der Waals surface area contributed by atoms with Crippen LogP contribution in [0.25, 0.3) is 10.1 Å². The second kappa shape index (κ2) is 5.56. The molecule has 102 valence electrons. The molecule has 0 saturated heterocycles. The van der Waals surface area contributed by atoms with Gasteiger partial charge in [-0.15, -0.1) is 11.3 Å². The van der Waals surface area contributed by atoms with E-state index in [-0.39, 0.29) is 19.1 Å². The molecule has 1 aromatic carbocycles. The highest BCUT2D eigenvalue weighted by Gasteiger charge is 2.19. The first-order chi connectivity index (χ1) is 9.08. The number of hydrogen-bond donors (Lipinski definition) is 4. The van der Waals surface area contributed by atoms with Gasteiger partial charge in [-0.05, 0) is 12.5 Å². The summed E-state index contributed by atoms with van der Waals surface area (Å²) >= 11 is 1.32. The largest absolute Gasteiger partial charge is 0.397 e. The average Bonchev–Trinajstić information content (AvgIpc) is 2.75. The number of amides is 1. The van der Waals surface area contributed by atoms with Crippen molar-refractivity contribution in [1.29, 1.82) is 0 Å². The Balaban J connectivity index is 2.38. The summed E-state index contributed by atoms with van der Waals surface area (Å²) in [6, 6.07) is 5.07. The molecule has 0 atom stereocenters. The number of aliphatic hydroxyl groups is 2. The van der Waals surface area contributed by atoms with Crippen LogP contribution < -0.4 is 11.1 Å². The van der Waals surface area contributed by atoms with E-state index in [0.717, 1.165) is 15.6 Å². The van der Waals surface area contributed by atoms with Gasteiger partial charge in [-0.25, -0.2) is 0 Å². The van der Waals surface area contributed by atoms with Crippen molar-refractivity contribution in [2.75, 3.05) is 18.9 Å². The Morgan fingerprint density at radius 1 is 1.42 bits per heavy atom. The highest BCUT2D eigenvalue weighted by Crippen LogP contribution is 2.35. The molecule has 0 spiro atoms. The van der Waals surface area contributed by atoms with E-state index in [4.69, 9.17) is 15.9 Å². The number of nitrogen functional groups attached to an aromatic ring is 1. The zero-order valence-electron chi connectivity index (χ0n) is 10.5. The third-order valence-corrected chi connectivity index (χ3v) is 4.29. The number of benzene rings is 1. The zero-order chi connectivity index (χ0) is 14.0. The van der Waals surface area contributed by atoms with Crippen molar-refractivity contribution < 1.29 is 15.0 Å². The Morgan fingerprint density at radius 3 is 2.68 bits per heavy atom. The van der Waals surface area contributed by atoms with Gasteiger partial charge in [0.05, 0.1) is 24.9 Å². The number of hydrogen-bond acceptors (Lipinski definition) is 5. The number of carbonyl (C=O) groups excluding carboxylic acids is 1. The smallest absolute Gasteiger partial charge is 0.263 e. The Morgan fingerprint density at radius 2 is 2.11 bits per heavy atom. The predicted molar refractivity (Wildman–Crippen MR) is 76.4 cm³/mol. The fourth-order valence-corrected chi connectivity index (χ4v) is 2.94. The number of aryl methyl sites for hydroxylation is 1. The molecule has 1 heterocycles. The normalized spacial score (nSPS) is 11.2. The van der Waals surface area contributed by atoms with Crippen molar-refractivity contribution in [3.8, 4) is 0 Å². The van der Waals surface area contributed by atoms with Gasteiger partial charge in [-0.1, -0.05) is 18.2 Å². The van der Waals surface area contributed by atoms with E-state index in [1.54, 1.807) is 0 Å². The first-order valence-electron chi connectivity index (χ1n) is 5.88. The summed E-state index contributed by atoms with van der Waals surface area (Å²) in [5.74, 6) is -0.369. The second-order valence-corrected chi connectivity index (χ2v) is 5.35. The molecule has 0 aliphatic rings. The van der Waals surface area contributed by atoms with Gasteiger partial charge in [0.15, 0.2) is 0 Å². The number of thiophene rings is 1. The first kappa shape index (κ1) is 13.8. The van der Waals surface area contributed by atoms with Crippen LogP contribution in [0.5, 0.6) is 0 Å². The van der Waals surface area contributed by atoms with E-state index in [1.807, 2.05) is 25.1 Å². The van der Waals surface area contributed by atoms with E-state index in [1.165, 1.54) is 11.3 Å². The molecule has 5 N–H and O–H groups in total. The molecule has 19 heavy (non-hydrogen) atoms. The van der Waals surface area contributed by atoms with Gasteiger partial charge in [-0.2, -0.15) is 0 Å². The van der Waals surface area contributed by atoms with Gasteiger partial charge in [-0.3, -0.25) is 4.79 Å². The number of fused-ring (bicyclic) bond motifs is 1.